The fourth-order valence-corrected chi connectivity index (χ4v) is 1.13. The topological polar surface area (TPSA) is 69.4 Å². The molecule has 0 aliphatic heterocycles. The van der Waals surface area contributed by atoms with Crippen molar-refractivity contribution in [1.82, 2.24) is 0 Å². The second-order valence-electron chi connectivity index (χ2n) is 2.76. The molecular weight excluding hydrogens is 190 g/mol. The lowest BCUT2D eigenvalue weighted by atomic mass is 10.3. The van der Waals surface area contributed by atoms with Gasteiger partial charge in [0.2, 0.25) is 0 Å². The number of ether oxygens (including phenoxy) is 1. The lowest BCUT2D eigenvalue weighted by Crippen LogP contribution is -2.09. The number of sulfone groups is 1. The first kappa shape index (κ1) is 9.85. The van der Waals surface area contributed by atoms with Crippen LogP contribution in [0.4, 0.5) is 5.69 Å². The Morgan fingerprint density at radius 2 is 2.15 bits per heavy atom. The van der Waals surface area contributed by atoms with Crippen LogP contribution in [0.2, 0.25) is 0 Å². The molecule has 13 heavy (non-hydrogen) atoms. The van der Waals surface area contributed by atoms with E-state index in [0.29, 0.717) is 11.4 Å². The summed E-state index contributed by atoms with van der Waals surface area (Å²) >= 11 is 0. The first-order valence-corrected chi connectivity index (χ1v) is 5.69. The molecule has 1 rings (SSSR count). The van der Waals surface area contributed by atoms with Gasteiger partial charge < -0.3 is 10.5 Å². The van der Waals surface area contributed by atoms with Crippen LogP contribution in [-0.4, -0.2) is 20.6 Å². The molecule has 0 unspecified atom stereocenters. The average Bonchev–Trinajstić information content (AvgIpc) is 2.00. The van der Waals surface area contributed by atoms with Gasteiger partial charge in [0.25, 0.3) is 0 Å². The van der Waals surface area contributed by atoms with Gasteiger partial charge in [-0.2, -0.15) is 0 Å². The van der Waals surface area contributed by atoms with Crippen molar-refractivity contribution in [3.63, 3.8) is 0 Å². The van der Waals surface area contributed by atoms with Crippen LogP contribution in [0.25, 0.3) is 0 Å². The molecule has 4 nitrogen and oxygen atoms in total. The molecule has 1 aromatic carbocycles. The normalized spacial score (nSPS) is 11.2. The largest absolute Gasteiger partial charge is 0.478 e. The third-order valence-corrected chi connectivity index (χ3v) is 1.84. The lowest BCUT2D eigenvalue weighted by Gasteiger charge is -2.04. The summed E-state index contributed by atoms with van der Waals surface area (Å²) in [5, 5.41) is 0. The van der Waals surface area contributed by atoms with Crippen LogP contribution in [0.3, 0.4) is 0 Å². The fourth-order valence-electron chi connectivity index (χ4n) is 0.779. The summed E-state index contributed by atoms with van der Waals surface area (Å²) < 4.78 is 26.4. The van der Waals surface area contributed by atoms with Crippen molar-refractivity contribution in [2.75, 3.05) is 17.9 Å². The van der Waals surface area contributed by atoms with Crippen LogP contribution < -0.4 is 10.5 Å². The summed E-state index contributed by atoms with van der Waals surface area (Å²) in [5.74, 6) is 0.140. The van der Waals surface area contributed by atoms with Gasteiger partial charge in [-0.05, 0) is 12.1 Å². The molecule has 72 valence electrons. The summed E-state index contributed by atoms with van der Waals surface area (Å²) in [6.45, 7) is 0. The van der Waals surface area contributed by atoms with E-state index in [1.54, 1.807) is 24.3 Å². The Morgan fingerprint density at radius 3 is 2.69 bits per heavy atom. The summed E-state index contributed by atoms with van der Waals surface area (Å²) in [6, 6.07) is 6.63. The van der Waals surface area contributed by atoms with Crippen LogP contribution in [0.5, 0.6) is 5.75 Å². The van der Waals surface area contributed by atoms with E-state index in [0.717, 1.165) is 6.26 Å². The Kier molecular flexibility index (Phi) is 2.77. The second-order valence-corrected chi connectivity index (χ2v) is 4.85. The molecule has 2 N–H and O–H groups in total. The number of benzene rings is 1. The molecule has 0 amide bonds. The van der Waals surface area contributed by atoms with E-state index in [4.69, 9.17) is 10.5 Å². The summed E-state index contributed by atoms with van der Waals surface area (Å²) in [5.41, 5.74) is 6.02. The quantitative estimate of drug-likeness (QED) is 0.729. The van der Waals surface area contributed by atoms with Gasteiger partial charge in [-0.25, -0.2) is 8.42 Å². The van der Waals surface area contributed by atoms with Crippen LogP contribution >= 0.6 is 0 Å². The Bertz CT molecular complexity index is 386. The van der Waals surface area contributed by atoms with E-state index < -0.39 is 9.84 Å². The van der Waals surface area contributed by atoms with Gasteiger partial charge in [-0.3, -0.25) is 0 Å². The predicted octanol–water partition coefficient (Wildman–Crippen LogP) is 0.650. The molecule has 0 aliphatic carbocycles. The van der Waals surface area contributed by atoms with Crippen molar-refractivity contribution in [3.05, 3.63) is 24.3 Å². The highest BCUT2D eigenvalue weighted by Crippen LogP contribution is 2.14. The lowest BCUT2D eigenvalue weighted by molar-refractivity contribution is 0.378. The number of nitrogen functional groups attached to an aromatic ring is 1. The van der Waals surface area contributed by atoms with Gasteiger partial charge >= 0.3 is 0 Å². The van der Waals surface area contributed by atoms with E-state index in [1.807, 2.05) is 0 Å². The Balaban J connectivity index is 2.65. The monoisotopic (exact) mass is 201 g/mol. The van der Waals surface area contributed by atoms with Crippen LogP contribution in [0.1, 0.15) is 0 Å². The third kappa shape index (κ3) is 3.80. The minimum absolute atomic E-state index is 0.323. The maximum absolute atomic E-state index is 10.7. The SMILES string of the molecule is CS(=O)(=O)COc1cccc(N)c1. The average molecular weight is 201 g/mol. The summed E-state index contributed by atoms with van der Waals surface area (Å²) in [7, 11) is -3.10. The minimum Gasteiger partial charge on any atom is -0.478 e. The molecular formula is C8H11NO3S. The molecule has 1 aromatic rings. The van der Waals surface area contributed by atoms with Crippen molar-refractivity contribution < 1.29 is 13.2 Å². The van der Waals surface area contributed by atoms with E-state index in [1.165, 1.54) is 0 Å². The standard InChI is InChI=1S/C8H11NO3S/c1-13(10,11)6-12-8-4-2-3-7(9)5-8/h2-5H,6,9H2,1H3. The molecule has 0 heterocycles. The van der Waals surface area contributed by atoms with Gasteiger partial charge in [0.05, 0.1) is 0 Å². The first-order chi connectivity index (χ1) is 5.97. The Morgan fingerprint density at radius 1 is 1.46 bits per heavy atom. The van der Waals surface area contributed by atoms with Crippen LogP contribution in [-0.2, 0) is 9.84 Å². The molecule has 0 aromatic heterocycles. The van der Waals surface area contributed by atoms with Crippen LogP contribution in [0.15, 0.2) is 24.3 Å². The third-order valence-electron chi connectivity index (χ3n) is 1.30. The number of hydrogen-bond donors (Lipinski definition) is 1. The number of rotatable bonds is 3. The van der Waals surface area contributed by atoms with Crippen LogP contribution in [0, 0.1) is 0 Å². The molecule has 0 saturated heterocycles. The van der Waals surface area contributed by atoms with Gasteiger partial charge in [-0.15, -0.1) is 0 Å². The van der Waals surface area contributed by atoms with Gasteiger partial charge in [0, 0.05) is 18.0 Å². The highest BCUT2D eigenvalue weighted by Gasteiger charge is 2.02. The molecule has 0 spiro atoms. The number of anilines is 1. The van der Waals surface area contributed by atoms with Gasteiger partial charge in [0.1, 0.15) is 5.75 Å². The van der Waals surface area contributed by atoms with Gasteiger partial charge in [0.15, 0.2) is 15.8 Å². The number of hydrogen-bond acceptors (Lipinski definition) is 4. The number of nitrogens with two attached hydrogens (primary N) is 1. The molecule has 0 atom stereocenters. The zero-order valence-corrected chi connectivity index (χ0v) is 8.04. The molecule has 0 aliphatic rings. The maximum atomic E-state index is 10.7. The van der Waals surface area contributed by atoms with E-state index in [9.17, 15) is 8.42 Å². The highest BCUT2D eigenvalue weighted by atomic mass is 32.2. The van der Waals surface area contributed by atoms with E-state index in [-0.39, 0.29) is 5.94 Å². The zero-order valence-electron chi connectivity index (χ0n) is 7.23. The van der Waals surface area contributed by atoms with Gasteiger partial charge in [-0.1, -0.05) is 6.07 Å². The molecule has 0 bridgehead atoms. The van der Waals surface area contributed by atoms with E-state index in [2.05, 4.69) is 0 Å². The maximum Gasteiger partial charge on any atom is 0.188 e. The Labute approximate surface area is 77.2 Å². The summed E-state index contributed by atoms with van der Waals surface area (Å²) in [6.07, 6.45) is 1.11. The molecule has 0 radical (unpaired) electrons. The minimum atomic E-state index is -3.10. The second kappa shape index (κ2) is 3.66. The first-order valence-electron chi connectivity index (χ1n) is 3.63. The van der Waals surface area contributed by atoms with Crippen molar-refractivity contribution >= 4 is 15.5 Å². The molecule has 0 saturated carbocycles. The van der Waals surface area contributed by atoms with Crippen molar-refractivity contribution in [1.29, 1.82) is 0 Å². The highest BCUT2D eigenvalue weighted by molar-refractivity contribution is 7.90. The smallest absolute Gasteiger partial charge is 0.188 e. The van der Waals surface area contributed by atoms with Crippen molar-refractivity contribution in [2.24, 2.45) is 0 Å². The molecule has 0 fully saturated rings. The summed E-state index contributed by atoms with van der Waals surface area (Å²) in [4.78, 5) is 0. The Hall–Kier alpha value is -1.23. The fraction of sp³-hybridized carbons (Fsp3) is 0.250. The van der Waals surface area contributed by atoms with Crippen molar-refractivity contribution in [2.45, 2.75) is 0 Å². The van der Waals surface area contributed by atoms with E-state index >= 15 is 0 Å². The zero-order chi connectivity index (χ0) is 9.90. The molecule has 5 heteroatoms. The predicted molar refractivity (Wildman–Crippen MR) is 51.2 cm³/mol. The van der Waals surface area contributed by atoms with Crippen molar-refractivity contribution in [3.8, 4) is 5.75 Å².